The second kappa shape index (κ2) is 5.79. The van der Waals surface area contributed by atoms with Gasteiger partial charge in [-0.05, 0) is 53.8 Å². The lowest BCUT2D eigenvalue weighted by Crippen LogP contribution is -2.09. The van der Waals surface area contributed by atoms with Crippen molar-refractivity contribution in [3.05, 3.63) is 28.8 Å². The molecule has 0 spiro atoms. The van der Waals surface area contributed by atoms with E-state index >= 15 is 0 Å². The van der Waals surface area contributed by atoms with E-state index in [0.29, 0.717) is 11.7 Å². The van der Waals surface area contributed by atoms with Crippen molar-refractivity contribution in [3.63, 3.8) is 0 Å². The third-order valence-electron chi connectivity index (χ3n) is 3.36. The Morgan fingerprint density at radius 1 is 1.42 bits per heavy atom. The number of hydrogen-bond donors (Lipinski definition) is 1. The van der Waals surface area contributed by atoms with Gasteiger partial charge in [-0.1, -0.05) is 5.16 Å². The number of nitrogens with one attached hydrogen (secondary N) is 1. The first kappa shape index (κ1) is 12.7. The van der Waals surface area contributed by atoms with Crippen LogP contribution >= 0.6 is 15.9 Å². The third kappa shape index (κ3) is 3.19. The molecule has 2 aromatic heterocycles. The van der Waals surface area contributed by atoms with Crippen molar-refractivity contribution in [1.29, 1.82) is 0 Å². The summed E-state index contributed by atoms with van der Waals surface area (Å²) in [4.78, 5) is 8.53. The number of aromatic nitrogens is 3. The molecule has 100 valence electrons. The first-order valence-electron chi connectivity index (χ1n) is 6.45. The first-order valence-corrected chi connectivity index (χ1v) is 7.25. The number of aryl methyl sites for hydroxylation is 1. The molecule has 5 nitrogen and oxygen atoms in total. The van der Waals surface area contributed by atoms with Crippen molar-refractivity contribution >= 4 is 15.9 Å². The molecule has 6 heteroatoms. The average Bonchev–Trinajstić information content (AvgIpc) is 3.08. The van der Waals surface area contributed by atoms with Gasteiger partial charge in [0.05, 0.1) is 0 Å². The van der Waals surface area contributed by atoms with Crippen LogP contribution in [-0.4, -0.2) is 28.2 Å². The van der Waals surface area contributed by atoms with Crippen LogP contribution in [0.2, 0.25) is 0 Å². The zero-order chi connectivity index (χ0) is 13.1. The molecule has 1 fully saturated rings. The van der Waals surface area contributed by atoms with Gasteiger partial charge in [-0.2, -0.15) is 4.98 Å². The van der Waals surface area contributed by atoms with Crippen LogP contribution in [0.3, 0.4) is 0 Å². The van der Waals surface area contributed by atoms with Crippen LogP contribution in [0.4, 0.5) is 0 Å². The molecule has 3 rings (SSSR count). The molecule has 3 heterocycles. The standard InChI is InChI=1S/C13H15BrN4O/c14-11-5-10(7-16-8-11)13-17-12(19-18-13)2-1-9-3-4-15-6-9/h5,7-9,15H,1-4,6H2. The number of pyridine rings is 1. The molecule has 0 amide bonds. The summed E-state index contributed by atoms with van der Waals surface area (Å²) < 4.78 is 6.20. The van der Waals surface area contributed by atoms with Gasteiger partial charge in [-0.3, -0.25) is 4.98 Å². The Morgan fingerprint density at radius 3 is 3.16 bits per heavy atom. The van der Waals surface area contributed by atoms with Crippen molar-refractivity contribution in [2.45, 2.75) is 19.3 Å². The van der Waals surface area contributed by atoms with E-state index in [-0.39, 0.29) is 0 Å². The highest BCUT2D eigenvalue weighted by Crippen LogP contribution is 2.20. The molecule has 0 aromatic carbocycles. The zero-order valence-corrected chi connectivity index (χ0v) is 12.1. The maximum atomic E-state index is 5.29. The molecule has 1 N–H and O–H groups in total. The van der Waals surface area contributed by atoms with E-state index < -0.39 is 0 Å². The SMILES string of the molecule is Brc1cncc(-c2noc(CCC3CCNC3)n2)c1. The predicted molar refractivity (Wildman–Crippen MR) is 74.5 cm³/mol. The predicted octanol–water partition coefficient (Wildman–Crippen LogP) is 2.44. The zero-order valence-electron chi connectivity index (χ0n) is 10.5. The van der Waals surface area contributed by atoms with E-state index in [1.807, 2.05) is 6.07 Å². The number of halogens is 1. The van der Waals surface area contributed by atoms with Gasteiger partial charge in [0.25, 0.3) is 0 Å². The van der Waals surface area contributed by atoms with E-state index in [4.69, 9.17) is 4.52 Å². The van der Waals surface area contributed by atoms with Crippen molar-refractivity contribution < 1.29 is 4.52 Å². The summed E-state index contributed by atoms with van der Waals surface area (Å²) >= 11 is 3.39. The van der Waals surface area contributed by atoms with Crippen molar-refractivity contribution in [1.82, 2.24) is 20.4 Å². The van der Waals surface area contributed by atoms with Gasteiger partial charge < -0.3 is 9.84 Å². The van der Waals surface area contributed by atoms with Gasteiger partial charge in [0, 0.05) is 28.9 Å². The molecule has 0 aliphatic carbocycles. The Balaban J connectivity index is 1.65. The Labute approximate surface area is 119 Å². The number of hydrogen-bond acceptors (Lipinski definition) is 5. The summed E-state index contributed by atoms with van der Waals surface area (Å²) in [7, 11) is 0. The molecule has 0 saturated carbocycles. The topological polar surface area (TPSA) is 63.8 Å². The number of rotatable bonds is 4. The fraction of sp³-hybridized carbons (Fsp3) is 0.462. The monoisotopic (exact) mass is 322 g/mol. The van der Waals surface area contributed by atoms with Crippen LogP contribution in [0.25, 0.3) is 11.4 Å². The summed E-state index contributed by atoms with van der Waals surface area (Å²) in [6.07, 6.45) is 6.67. The molecule has 1 atom stereocenters. The third-order valence-corrected chi connectivity index (χ3v) is 3.79. The van der Waals surface area contributed by atoms with E-state index in [0.717, 1.165) is 41.9 Å². The summed E-state index contributed by atoms with van der Waals surface area (Å²) in [5.74, 6) is 2.05. The molecule has 2 aromatic rings. The lowest BCUT2D eigenvalue weighted by Gasteiger charge is -2.03. The highest BCUT2D eigenvalue weighted by molar-refractivity contribution is 9.10. The van der Waals surface area contributed by atoms with Crippen LogP contribution in [-0.2, 0) is 6.42 Å². The summed E-state index contributed by atoms with van der Waals surface area (Å²) in [5.41, 5.74) is 0.868. The van der Waals surface area contributed by atoms with Gasteiger partial charge in [0.2, 0.25) is 11.7 Å². The lowest BCUT2D eigenvalue weighted by atomic mass is 10.0. The van der Waals surface area contributed by atoms with Gasteiger partial charge >= 0.3 is 0 Å². The fourth-order valence-electron chi connectivity index (χ4n) is 2.30. The lowest BCUT2D eigenvalue weighted by molar-refractivity contribution is 0.365. The molecule has 1 aliphatic heterocycles. The molecule has 1 unspecified atom stereocenters. The molecule has 0 bridgehead atoms. The minimum absolute atomic E-state index is 0.605. The van der Waals surface area contributed by atoms with E-state index in [1.54, 1.807) is 12.4 Å². The second-order valence-electron chi connectivity index (χ2n) is 4.80. The normalized spacial score (nSPS) is 18.9. The average molecular weight is 323 g/mol. The van der Waals surface area contributed by atoms with E-state index in [9.17, 15) is 0 Å². The maximum absolute atomic E-state index is 5.29. The Hall–Kier alpha value is -1.27. The van der Waals surface area contributed by atoms with E-state index in [2.05, 4.69) is 36.4 Å². The molecule has 1 saturated heterocycles. The Bertz CT molecular complexity index is 551. The minimum atomic E-state index is 0.605. The van der Waals surface area contributed by atoms with Crippen LogP contribution < -0.4 is 5.32 Å². The van der Waals surface area contributed by atoms with Crippen molar-refractivity contribution in [2.75, 3.05) is 13.1 Å². The Kier molecular flexibility index (Phi) is 3.89. The molecule has 1 aliphatic rings. The highest BCUT2D eigenvalue weighted by atomic mass is 79.9. The van der Waals surface area contributed by atoms with Gasteiger partial charge in [0.15, 0.2) is 0 Å². The fourth-order valence-corrected chi connectivity index (χ4v) is 2.66. The van der Waals surface area contributed by atoms with Gasteiger partial charge in [-0.25, -0.2) is 0 Å². The maximum Gasteiger partial charge on any atom is 0.226 e. The minimum Gasteiger partial charge on any atom is -0.339 e. The summed E-state index contributed by atoms with van der Waals surface area (Å²) in [6, 6.07) is 1.93. The highest BCUT2D eigenvalue weighted by Gasteiger charge is 2.16. The van der Waals surface area contributed by atoms with Crippen LogP contribution in [0.5, 0.6) is 0 Å². The molecular formula is C13H15BrN4O. The van der Waals surface area contributed by atoms with Crippen molar-refractivity contribution in [2.24, 2.45) is 5.92 Å². The van der Waals surface area contributed by atoms with Crippen molar-refractivity contribution in [3.8, 4) is 11.4 Å². The van der Waals surface area contributed by atoms with Crippen LogP contribution in [0.15, 0.2) is 27.5 Å². The van der Waals surface area contributed by atoms with Crippen LogP contribution in [0.1, 0.15) is 18.7 Å². The Morgan fingerprint density at radius 2 is 2.37 bits per heavy atom. The van der Waals surface area contributed by atoms with E-state index in [1.165, 1.54) is 6.42 Å². The molecular weight excluding hydrogens is 308 g/mol. The van der Waals surface area contributed by atoms with Gasteiger partial charge in [0.1, 0.15) is 0 Å². The van der Waals surface area contributed by atoms with Crippen LogP contribution in [0, 0.1) is 5.92 Å². The van der Waals surface area contributed by atoms with Gasteiger partial charge in [-0.15, -0.1) is 0 Å². The largest absolute Gasteiger partial charge is 0.339 e. The first-order chi connectivity index (χ1) is 9.31. The second-order valence-corrected chi connectivity index (χ2v) is 5.72. The molecule has 19 heavy (non-hydrogen) atoms. The molecule has 0 radical (unpaired) electrons. The summed E-state index contributed by atoms with van der Waals surface area (Å²) in [5, 5.41) is 7.38. The smallest absolute Gasteiger partial charge is 0.226 e. The summed E-state index contributed by atoms with van der Waals surface area (Å²) in [6.45, 7) is 2.24. The number of nitrogens with zero attached hydrogens (tertiary/aromatic N) is 3. The quantitative estimate of drug-likeness (QED) is 0.936.